The molecule has 1 rings (SSSR count). The van der Waals surface area contributed by atoms with Crippen LogP contribution in [0.15, 0.2) is 16.6 Å². The molecule has 0 N–H and O–H groups in total. The first-order valence-corrected chi connectivity index (χ1v) is 7.40. The van der Waals surface area contributed by atoms with E-state index in [4.69, 9.17) is 9.05 Å². The van der Waals surface area contributed by atoms with E-state index in [9.17, 15) is 8.78 Å². The second kappa shape index (κ2) is 7.37. The summed E-state index contributed by atoms with van der Waals surface area (Å²) in [6.07, 6.45) is 0.127. The van der Waals surface area contributed by atoms with E-state index in [1.807, 2.05) is 13.8 Å². The van der Waals surface area contributed by atoms with Crippen LogP contribution in [0.1, 0.15) is 19.4 Å². The van der Waals surface area contributed by atoms with Gasteiger partial charge in [0.2, 0.25) is 0 Å². The summed E-state index contributed by atoms with van der Waals surface area (Å²) in [5.41, 5.74) is 0.0150. The maximum Gasteiger partial charge on any atom is 0.175 e. The molecule has 0 aliphatic heterocycles. The van der Waals surface area contributed by atoms with Crippen molar-refractivity contribution in [1.82, 2.24) is 0 Å². The van der Waals surface area contributed by atoms with Crippen LogP contribution in [0.5, 0.6) is 0 Å². The second-order valence-electron chi connectivity index (χ2n) is 3.17. The van der Waals surface area contributed by atoms with Gasteiger partial charge in [-0.3, -0.25) is 0 Å². The van der Waals surface area contributed by atoms with Crippen molar-refractivity contribution in [2.45, 2.75) is 20.0 Å². The van der Waals surface area contributed by atoms with Crippen molar-refractivity contribution in [2.75, 3.05) is 13.2 Å². The molecule has 0 aliphatic carbocycles. The highest BCUT2D eigenvalue weighted by Gasteiger charge is 2.17. The summed E-state index contributed by atoms with van der Waals surface area (Å²) in [5.74, 6) is -1.16. The number of hydrogen-bond acceptors (Lipinski definition) is 2. The molecule has 0 aromatic heterocycles. The van der Waals surface area contributed by atoms with Crippen molar-refractivity contribution in [3.8, 4) is 0 Å². The molecule has 0 amide bonds. The minimum atomic E-state index is -1.27. The van der Waals surface area contributed by atoms with E-state index in [0.29, 0.717) is 17.7 Å². The molecule has 0 heterocycles. The lowest BCUT2D eigenvalue weighted by Gasteiger charge is -2.16. The molecule has 0 fully saturated rings. The largest absolute Gasteiger partial charge is 0.334 e. The monoisotopic (exact) mass is 326 g/mol. The van der Waals surface area contributed by atoms with Crippen LogP contribution in [0.25, 0.3) is 0 Å². The lowest BCUT2D eigenvalue weighted by Crippen LogP contribution is -1.99. The van der Waals surface area contributed by atoms with Crippen LogP contribution in [-0.4, -0.2) is 13.2 Å². The Bertz CT molecular complexity index is 347. The van der Waals surface area contributed by atoms with Gasteiger partial charge in [-0.2, -0.15) is 0 Å². The van der Waals surface area contributed by atoms with Gasteiger partial charge >= 0.3 is 0 Å². The van der Waals surface area contributed by atoms with Crippen LogP contribution in [0.3, 0.4) is 0 Å². The first-order valence-electron chi connectivity index (χ1n) is 5.25. The third-order valence-corrected chi connectivity index (χ3v) is 4.06. The average molecular weight is 327 g/mol. The topological polar surface area (TPSA) is 18.5 Å². The summed E-state index contributed by atoms with van der Waals surface area (Å²) in [7, 11) is -1.27. The third-order valence-electron chi connectivity index (χ3n) is 1.94. The number of halogens is 3. The first-order chi connectivity index (χ1) is 8.08. The minimum absolute atomic E-state index is 0.0150. The van der Waals surface area contributed by atoms with Crippen molar-refractivity contribution in [3.05, 3.63) is 33.8 Å². The number of hydrogen-bond donors (Lipinski definition) is 0. The Morgan fingerprint density at radius 1 is 1.12 bits per heavy atom. The second-order valence-corrected chi connectivity index (χ2v) is 5.59. The molecule has 0 spiro atoms. The maximum atomic E-state index is 13.6. The summed E-state index contributed by atoms with van der Waals surface area (Å²) in [5, 5.41) is 0. The highest BCUT2D eigenvalue weighted by atomic mass is 79.9. The Morgan fingerprint density at radius 2 is 1.59 bits per heavy atom. The van der Waals surface area contributed by atoms with Crippen LogP contribution in [0.4, 0.5) is 8.78 Å². The van der Waals surface area contributed by atoms with Crippen LogP contribution in [0, 0.1) is 11.6 Å². The standard InChI is InChI=1S/C11H14BrF2O2P/c1-3-15-17(16-4-2)7-9-10(13)5-8(12)6-11(9)14/h5-6H,3-4,7H2,1-2H3. The smallest absolute Gasteiger partial charge is 0.175 e. The van der Waals surface area contributed by atoms with E-state index in [2.05, 4.69) is 15.9 Å². The molecule has 0 radical (unpaired) electrons. The zero-order valence-electron chi connectivity index (χ0n) is 9.67. The molecule has 17 heavy (non-hydrogen) atoms. The van der Waals surface area contributed by atoms with Crippen molar-refractivity contribution >= 4 is 24.3 Å². The predicted molar refractivity (Wildman–Crippen MR) is 67.9 cm³/mol. The van der Waals surface area contributed by atoms with Crippen LogP contribution in [0.2, 0.25) is 0 Å². The van der Waals surface area contributed by atoms with Crippen molar-refractivity contribution < 1.29 is 17.8 Å². The molecule has 96 valence electrons. The van der Waals surface area contributed by atoms with Gasteiger partial charge < -0.3 is 9.05 Å². The Morgan fingerprint density at radius 3 is 2.00 bits per heavy atom. The molecule has 0 aliphatic rings. The summed E-state index contributed by atoms with van der Waals surface area (Å²) < 4.78 is 38.2. The fraction of sp³-hybridized carbons (Fsp3) is 0.455. The SMILES string of the molecule is CCOP(Cc1c(F)cc(Br)cc1F)OCC. The zero-order valence-corrected chi connectivity index (χ0v) is 12.2. The third kappa shape index (κ3) is 4.59. The van der Waals surface area contributed by atoms with Crippen molar-refractivity contribution in [1.29, 1.82) is 0 Å². The Kier molecular flexibility index (Phi) is 6.49. The van der Waals surface area contributed by atoms with Gasteiger partial charge in [-0.1, -0.05) is 15.9 Å². The van der Waals surface area contributed by atoms with Crippen LogP contribution in [-0.2, 0) is 15.2 Å². The predicted octanol–water partition coefficient (Wildman–Crippen LogP) is 4.61. The van der Waals surface area contributed by atoms with E-state index >= 15 is 0 Å². The lowest BCUT2D eigenvalue weighted by atomic mass is 10.2. The molecule has 6 heteroatoms. The van der Waals surface area contributed by atoms with Gasteiger partial charge in [-0.25, -0.2) is 8.78 Å². The number of benzene rings is 1. The molecule has 0 unspecified atom stereocenters. The van der Waals surface area contributed by atoms with Gasteiger partial charge in [0.15, 0.2) is 8.38 Å². The van der Waals surface area contributed by atoms with Crippen molar-refractivity contribution in [3.63, 3.8) is 0 Å². The molecule has 0 saturated carbocycles. The van der Waals surface area contributed by atoms with Crippen molar-refractivity contribution in [2.24, 2.45) is 0 Å². The minimum Gasteiger partial charge on any atom is -0.334 e. The number of rotatable bonds is 6. The average Bonchev–Trinajstić information content (AvgIpc) is 2.23. The highest BCUT2D eigenvalue weighted by molar-refractivity contribution is 9.10. The Balaban J connectivity index is 2.84. The molecule has 1 aromatic rings. The zero-order chi connectivity index (χ0) is 12.8. The van der Waals surface area contributed by atoms with Crippen LogP contribution < -0.4 is 0 Å². The molecule has 2 nitrogen and oxygen atoms in total. The Hall–Kier alpha value is -0.0900. The van der Waals surface area contributed by atoms with Gasteiger partial charge in [-0.15, -0.1) is 0 Å². The lowest BCUT2D eigenvalue weighted by molar-refractivity contribution is 0.268. The van der Waals surface area contributed by atoms with Gasteiger partial charge in [0.05, 0.1) is 13.2 Å². The summed E-state index contributed by atoms with van der Waals surface area (Å²) in [6, 6.07) is 2.48. The molecule has 0 saturated heterocycles. The fourth-order valence-corrected chi connectivity index (χ4v) is 3.06. The molecular formula is C11H14BrF2O2P. The van der Waals surface area contributed by atoms with Gasteiger partial charge in [0.25, 0.3) is 0 Å². The molecular weight excluding hydrogens is 313 g/mol. The molecule has 0 bridgehead atoms. The normalized spacial score (nSPS) is 11.2. The van der Waals surface area contributed by atoms with Gasteiger partial charge in [-0.05, 0) is 26.0 Å². The highest BCUT2D eigenvalue weighted by Crippen LogP contribution is 2.43. The molecule has 0 atom stereocenters. The van der Waals surface area contributed by atoms with E-state index in [1.54, 1.807) is 0 Å². The summed E-state index contributed by atoms with van der Waals surface area (Å²) >= 11 is 3.04. The Labute approximate surface area is 109 Å². The maximum absolute atomic E-state index is 13.6. The molecule has 1 aromatic carbocycles. The van der Waals surface area contributed by atoms with E-state index in [-0.39, 0.29) is 11.7 Å². The summed E-state index contributed by atoms with van der Waals surface area (Å²) in [6.45, 7) is 4.57. The van der Waals surface area contributed by atoms with E-state index in [1.165, 1.54) is 12.1 Å². The van der Waals surface area contributed by atoms with Gasteiger partial charge in [0, 0.05) is 16.2 Å². The van der Waals surface area contributed by atoms with E-state index in [0.717, 1.165) is 0 Å². The first kappa shape index (κ1) is 15.0. The van der Waals surface area contributed by atoms with Crippen LogP contribution >= 0.6 is 24.3 Å². The van der Waals surface area contributed by atoms with Gasteiger partial charge in [0.1, 0.15) is 11.6 Å². The quantitative estimate of drug-likeness (QED) is 0.710. The fourth-order valence-electron chi connectivity index (χ4n) is 1.27. The van der Waals surface area contributed by atoms with E-state index < -0.39 is 20.0 Å². The summed E-state index contributed by atoms with van der Waals surface area (Å²) in [4.78, 5) is 0.